The van der Waals surface area contributed by atoms with Gasteiger partial charge in [0.25, 0.3) is 0 Å². The highest BCUT2D eigenvalue weighted by Crippen LogP contribution is 2.19. The molecule has 0 aromatic heterocycles. The van der Waals surface area contributed by atoms with Crippen LogP contribution in [0.1, 0.15) is 20.7 Å². The number of morpholine rings is 1. The lowest BCUT2D eigenvalue weighted by Crippen LogP contribution is -2.40. The van der Waals surface area contributed by atoms with E-state index in [0.717, 1.165) is 12.1 Å². The van der Waals surface area contributed by atoms with Crippen LogP contribution in [0.3, 0.4) is 0 Å². The van der Waals surface area contributed by atoms with Gasteiger partial charge < -0.3 is 9.47 Å². The van der Waals surface area contributed by atoms with Gasteiger partial charge in [-0.25, -0.2) is 17.6 Å². The highest BCUT2D eigenvalue weighted by atomic mass is 32.2. The van der Waals surface area contributed by atoms with Gasteiger partial charge in [-0.1, -0.05) is 6.07 Å². The van der Waals surface area contributed by atoms with Crippen LogP contribution in [0.15, 0.2) is 53.4 Å². The summed E-state index contributed by atoms with van der Waals surface area (Å²) in [6.45, 7) is 0.566. The van der Waals surface area contributed by atoms with Crippen molar-refractivity contribution in [1.29, 1.82) is 0 Å². The van der Waals surface area contributed by atoms with Crippen LogP contribution in [-0.4, -0.2) is 57.4 Å². The number of benzene rings is 2. The van der Waals surface area contributed by atoms with Crippen molar-refractivity contribution in [3.05, 3.63) is 65.5 Å². The summed E-state index contributed by atoms with van der Waals surface area (Å²) in [5.41, 5.74) is 0.221. The molecule has 1 fully saturated rings. The first-order valence-electron chi connectivity index (χ1n) is 8.52. The van der Waals surface area contributed by atoms with Crippen LogP contribution < -0.4 is 0 Å². The normalized spacial score (nSPS) is 15.2. The number of rotatable bonds is 6. The molecule has 3 rings (SSSR count). The van der Waals surface area contributed by atoms with Crippen LogP contribution in [0.25, 0.3) is 0 Å². The molecule has 1 heterocycles. The number of carbonyl (C=O) groups excluding carboxylic acids is 2. The number of nitrogens with zero attached hydrogens (tertiary/aromatic N) is 1. The number of halogens is 1. The Kier molecular flexibility index (Phi) is 6.18. The van der Waals surface area contributed by atoms with E-state index < -0.39 is 34.2 Å². The van der Waals surface area contributed by atoms with Crippen molar-refractivity contribution >= 4 is 21.8 Å². The van der Waals surface area contributed by atoms with Crippen molar-refractivity contribution in [2.75, 3.05) is 32.9 Å². The molecule has 7 nitrogen and oxygen atoms in total. The second-order valence-corrected chi connectivity index (χ2v) is 7.99. The molecule has 2 aromatic rings. The average molecular weight is 407 g/mol. The largest absolute Gasteiger partial charge is 0.454 e. The molecular formula is C19H18FNO6S. The predicted octanol–water partition coefficient (Wildman–Crippen LogP) is 1.89. The molecule has 9 heteroatoms. The number of Topliss-reactive ketones (excluding diaryl/α,β-unsaturated/α-hetero) is 1. The maximum atomic E-state index is 12.9. The van der Waals surface area contributed by atoms with E-state index in [-0.39, 0.29) is 29.1 Å². The van der Waals surface area contributed by atoms with Crippen molar-refractivity contribution in [3.8, 4) is 0 Å². The van der Waals surface area contributed by atoms with E-state index >= 15 is 0 Å². The molecule has 0 amide bonds. The Hall–Kier alpha value is -2.62. The van der Waals surface area contributed by atoms with Crippen LogP contribution >= 0.6 is 0 Å². The molecule has 1 aliphatic rings. The third-order valence-electron chi connectivity index (χ3n) is 4.18. The number of esters is 1. The average Bonchev–Trinajstić information content (AvgIpc) is 2.73. The Bertz CT molecular complexity index is 968. The molecule has 0 spiro atoms. The summed E-state index contributed by atoms with van der Waals surface area (Å²) in [5, 5.41) is 0. The molecule has 0 saturated carbocycles. The van der Waals surface area contributed by atoms with E-state index in [1.807, 2.05) is 0 Å². The molecule has 148 valence electrons. The molecule has 0 bridgehead atoms. The van der Waals surface area contributed by atoms with Gasteiger partial charge in [0.1, 0.15) is 5.82 Å². The maximum Gasteiger partial charge on any atom is 0.338 e. The first-order valence-corrected chi connectivity index (χ1v) is 9.96. The molecule has 28 heavy (non-hydrogen) atoms. The topological polar surface area (TPSA) is 90.0 Å². The van der Waals surface area contributed by atoms with E-state index in [2.05, 4.69) is 0 Å². The Morgan fingerprint density at radius 3 is 2.39 bits per heavy atom. The van der Waals surface area contributed by atoms with Crippen molar-refractivity contribution in [1.82, 2.24) is 4.31 Å². The number of hydrogen-bond acceptors (Lipinski definition) is 6. The summed E-state index contributed by atoms with van der Waals surface area (Å²) < 4.78 is 49.7. The van der Waals surface area contributed by atoms with Crippen molar-refractivity contribution < 1.29 is 31.9 Å². The van der Waals surface area contributed by atoms with Gasteiger partial charge in [0.05, 0.1) is 23.7 Å². The van der Waals surface area contributed by atoms with Crippen LogP contribution in [0.5, 0.6) is 0 Å². The maximum absolute atomic E-state index is 12.9. The summed E-state index contributed by atoms with van der Waals surface area (Å²) in [5.74, 6) is -1.80. The van der Waals surface area contributed by atoms with Gasteiger partial charge in [-0.2, -0.15) is 4.31 Å². The van der Waals surface area contributed by atoms with Gasteiger partial charge in [-0.05, 0) is 42.5 Å². The van der Waals surface area contributed by atoms with Crippen LogP contribution in [0, 0.1) is 5.82 Å². The zero-order valence-electron chi connectivity index (χ0n) is 14.8. The quantitative estimate of drug-likeness (QED) is 0.537. The SMILES string of the molecule is O=C(COC(=O)c1cccc(S(=O)(=O)N2CCOCC2)c1)c1ccc(F)cc1. The first-order chi connectivity index (χ1) is 13.4. The minimum absolute atomic E-state index is 0.0150. The molecular weight excluding hydrogens is 389 g/mol. The Morgan fingerprint density at radius 1 is 1.04 bits per heavy atom. The van der Waals surface area contributed by atoms with Crippen LogP contribution in [0.4, 0.5) is 4.39 Å². The zero-order chi connectivity index (χ0) is 20.1. The van der Waals surface area contributed by atoms with Crippen molar-refractivity contribution in [2.24, 2.45) is 0 Å². The molecule has 0 N–H and O–H groups in total. The fourth-order valence-corrected chi connectivity index (χ4v) is 4.11. The summed E-state index contributed by atoms with van der Waals surface area (Å²) in [4.78, 5) is 24.2. The number of sulfonamides is 1. The van der Waals surface area contributed by atoms with E-state index in [1.54, 1.807) is 0 Å². The summed E-state index contributed by atoms with van der Waals surface area (Å²) in [6.07, 6.45) is 0. The fraction of sp³-hybridized carbons (Fsp3) is 0.263. The fourth-order valence-electron chi connectivity index (χ4n) is 2.65. The Labute approximate surface area is 161 Å². The summed E-state index contributed by atoms with van der Waals surface area (Å²) in [6, 6.07) is 10.3. The summed E-state index contributed by atoms with van der Waals surface area (Å²) >= 11 is 0. The number of ether oxygens (including phenoxy) is 2. The van der Waals surface area contributed by atoms with Crippen LogP contribution in [0.2, 0.25) is 0 Å². The first kappa shape index (κ1) is 20.1. The standard InChI is InChI=1S/C19H18FNO6S/c20-16-6-4-14(5-7-16)18(22)13-27-19(23)15-2-1-3-17(12-15)28(24,25)21-8-10-26-11-9-21/h1-7,12H,8-11,13H2. The second-order valence-electron chi connectivity index (χ2n) is 6.05. The smallest absolute Gasteiger partial charge is 0.338 e. The van der Waals surface area contributed by atoms with Gasteiger partial charge >= 0.3 is 5.97 Å². The second kappa shape index (κ2) is 8.59. The Morgan fingerprint density at radius 2 is 1.71 bits per heavy atom. The van der Waals surface area contributed by atoms with E-state index in [1.165, 1.54) is 40.7 Å². The van der Waals surface area contributed by atoms with E-state index in [0.29, 0.717) is 13.2 Å². The minimum Gasteiger partial charge on any atom is -0.454 e. The van der Waals surface area contributed by atoms with Gasteiger partial charge in [0.15, 0.2) is 12.4 Å². The van der Waals surface area contributed by atoms with Crippen molar-refractivity contribution in [2.45, 2.75) is 4.90 Å². The number of carbonyl (C=O) groups is 2. The summed E-state index contributed by atoms with van der Waals surface area (Å²) in [7, 11) is -3.75. The van der Waals surface area contributed by atoms with Gasteiger partial charge in [-0.15, -0.1) is 0 Å². The molecule has 1 saturated heterocycles. The molecule has 2 aromatic carbocycles. The van der Waals surface area contributed by atoms with Gasteiger partial charge in [0.2, 0.25) is 10.0 Å². The van der Waals surface area contributed by atoms with Gasteiger partial charge in [-0.3, -0.25) is 4.79 Å². The lowest BCUT2D eigenvalue weighted by molar-refractivity contribution is 0.0474. The highest BCUT2D eigenvalue weighted by Gasteiger charge is 2.27. The number of hydrogen-bond donors (Lipinski definition) is 0. The van der Waals surface area contributed by atoms with E-state index in [4.69, 9.17) is 9.47 Å². The Balaban J connectivity index is 1.68. The monoisotopic (exact) mass is 407 g/mol. The lowest BCUT2D eigenvalue weighted by Gasteiger charge is -2.26. The zero-order valence-corrected chi connectivity index (χ0v) is 15.7. The van der Waals surface area contributed by atoms with E-state index in [9.17, 15) is 22.4 Å². The molecule has 1 aliphatic heterocycles. The third kappa shape index (κ3) is 4.61. The van der Waals surface area contributed by atoms with Gasteiger partial charge in [0, 0.05) is 18.7 Å². The van der Waals surface area contributed by atoms with Crippen LogP contribution in [-0.2, 0) is 19.5 Å². The third-order valence-corrected chi connectivity index (χ3v) is 6.07. The molecule has 0 atom stereocenters. The molecule has 0 aliphatic carbocycles. The predicted molar refractivity (Wildman–Crippen MR) is 97.0 cm³/mol. The van der Waals surface area contributed by atoms with Crippen molar-refractivity contribution in [3.63, 3.8) is 0 Å². The highest BCUT2D eigenvalue weighted by molar-refractivity contribution is 7.89. The minimum atomic E-state index is -3.75. The molecule has 0 radical (unpaired) electrons. The number of ketones is 1. The lowest BCUT2D eigenvalue weighted by atomic mass is 10.1. The molecule has 0 unspecified atom stereocenters.